The molecule has 1 aliphatic rings. The summed E-state index contributed by atoms with van der Waals surface area (Å²) in [5.74, 6) is 0.0877. The van der Waals surface area contributed by atoms with Gasteiger partial charge in [0, 0.05) is 23.9 Å². The summed E-state index contributed by atoms with van der Waals surface area (Å²) in [5.41, 5.74) is 2.59. The molecule has 0 spiro atoms. The number of nitrogens with zero attached hydrogens (tertiary/aromatic N) is 1. The molecule has 25 heavy (non-hydrogen) atoms. The van der Waals surface area contributed by atoms with Crippen LogP contribution in [0.5, 0.6) is 0 Å². The van der Waals surface area contributed by atoms with Gasteiger partial charge in [-0.1, -0.05) is 13.0 Å². The Bertz CT molecular complexity index is 813. The second kappa shape index (κ2) is 7.35. The van der Waals surface area contributed by atoms with Crippen molar-refractivity contribution in [3.8, 4) is 0 Å². The number of methoxy groups -OCH3 is 1. The predicted octanol–water partition coefficient (Wildman–Crippen LogP) is 2.89. The van der Waals surface area contributed by atoms with Gasteiger partial charge < -0.3 is 10.1 Å². The molecule has 0 unspecified atom stereocenters. The van der Waals surface area contributed by atoms with E-state index in [0.717, 1.165) is 30.5 Å². The highest BCUT2D eigenvalue weighted by Crippen LogP contribution is 2.39. The van der Waals surface area contributed by atoms with Gasteiger partial charge in [0.05, 0.1) is 12.7 Å². The lowest BCUT2D eigenvalue weighted by atomic mass is 9.88. The number of aryl methyl sites for hydroxylation is 1. The maximum Gasteiger partial charge on any atom is 0.341 e. The molecule has 3 rings (SSSR count). The fourth-order valence-electron chi connectivity index (χ4n) is 3.22. The highest BCUT2D eigenvalue weighted by Gasteiger charge is 2.29. The van der Waals surface area contributed by atoms with E-state index in [-0.39, 0.29) is 18.4 Å². The minimum absolute atomic E-state index is 0.143. The topological polar surface area (TPSA) is 59.3 Å². The van der Waals surface area contributed by atoms with Gasteiger partial charge in [-0.05, 0) is 30.7 Å². The third-order valence-corrected chi connectivity index (χ3v) is 5.81. The van der Waals surface area contributed by atoms with Crippen LogP contribution in [0, 0.1) is 12.8 Å². The summed E-state index contributed by atoms with van der Waals surface area (Å²) in [6, 6.07) is 5.79. The summed E-state index contributed by atoms with van der Waals surface area (Å²) in [6.07, 6.45) is 4.74. The van der Waals surface area contributed by atoms with Crippen LogP contribution in [0.25, 0.3) is 0 Å². The van der Waals surface area contributed by atoms with Gasteiger partial charge in [0.15, 0.2) is 11.9 Å². The standard InChI is InChI=1S/C19H22N2O3S/c1-12-7-8-14-15(10-12)25-18(17(14)19(23)24-3)20-16(22)11-21-9-5-4-6-13(21)2/h4-6,9,12H,7-8,10-11H2,1-3H3/p+1/t12-/m0/s1. The zero-order valence-electron chi connectivity index (χ0n) is 14.8. The third-order valence-electron chi connectivity index (χ3n) is 4.64. The predicted molar refractivity (Wildman–Crippen MR) is 96.9 cm³/mol. The Balaban J connectivity index is 1.85. The van der Waals surface area contributed by atoms with Crippen molar-refractivity contribution in [2.24, 2.45) is 5.92 Å². The zero-order chi connectivity index (χ0) is 18.0. The summed E-state index contributed by atoms with van der Waals surface area (Å²) in [7, 11) is 1.38. The van der Waals surface area contributed by atoms with Gasteiger partial charge in [0.2, 0.25) is 6.54 Å². The number of thiophene rings is 1. The van der Waals surface area contributed by atoms with Gasteiger partial charge in [0.25, 0.3) is 5.91 Å². The summed E-state index contributed by atoms with van der Waals surface area (Å²) >= 11 is 1.51. The molecule has 2 aromatic rings. The third kappa shape index (κ3) is 3.74. The Kier molecular flexibility index (Phi) is 5.18. The average molecular weight is 359 g/mol. The number of rotatable bonds is 4. The van der Waals surface area contributed by atoms with E-state index in [2.05, 4.69) is 12.2 Å². The average Bonchev–Trinajstić information content (AvgIpc) is 2.92. The number of nitrogens with one attached hydrogen (secondary N) is 1. The number of carbonyl (C=O) groups is 2. The van der Waals surface area contributed by atoms with Crippen LogP contribution >= 0.6 is 11.3 Å². The number of hydrogen-bond acceptors (Lipinski definition) is 4. The smallest absolute Gasteiger partial charge is 0.341 e. The van der Waals surface area contributed by atoms with Gasteiger partial charge in [-0.15, -0.1) is 11.3 Å². The van der Waals surface area contributed by atoms with Crippen LogP contribution < -0.4 is 9.88 Å². The SMILES string of the molecule is COC(=O)c1c(NC(=O)C[n+]2ccccc2C)sc2c1CC[C@H](C)C2. The monoisotopic (exact) mass is 359 g/mol. The van der Waals surface area contributed by atoms with Gasteiger partial charge in [-0.2, -0.15) is 4.57 Å². The van der Waals surface area contributed by atoms with Gasteiger partial charge in [0.1, 0.15) is 5.00 Å². The number of fused-ring (bicyclic) bond motifs is 1. The fourth-order valence-corrected chi connectivity index (χ4v) is 4.63. The van der Waals surface area contributed by atoms with Crippen molar-refractivity contribution in [2.45, 2.75) is 39.7 Å². The van der Waals surface area contributed by atoms with E-state index in [9.17, 15) is 9.59 Å². The first-order valence-electron chi connectivity index (χ1n) is 8.47. The fraction of sp³-hybridized carbons (Fsp3) is 0.421. The second-order valence-corrected chi connectivity index (χ2v) is 7.67. The molecule has 5 nitrogen and oxygen atoms in total. The van der Waals surface area contributed by atoms with Crippen LogP contribution in [0.2, 0.25) is 0 Å². The minimum atomic E-state index is -0.370. The number of anilines is 1. The second-order valence-electron chi connectivity index (χ2n) is 6.57. The molecule has 1 aliphatic carbocycles. The van der Waals surface area contributed by atoms with Crippen molar-refractivity contribution in [1.29, 1.82) is 0 Å². The molecule has 1 atom stereocenters. The Morgan fingerprint density at radius 2 is 2.20 bits per heavy atom. The molecule has 132 valence electrons. The lowest BCUT2D eigenvalue weighted by molar-refractivity contribution is -0.690. The summed E-state index contributed by atoms with van der Waals surface area (Å²) in [4.78, 5) is 26.0. The molecule has 0 radical (unpaired) electrons. The number of carbonyl (C=O) groups excluding carboxylic acids is 2. The largest absolute Gasteiger partial charge is 0.465 e. The highest BCUT2D eigenvalue weighted by molar-refractivity contribution is 7.17. The molecule has 0 saturated heterocycles. The number of amides is 1. The molecule has 2 heterocycles. The van der Waals surface area contributed by atoms with Crippen molar-refractivity contribution >= 4 is 28.2 Å². The van der Waals surface area contributed by atoms with Crippen molar-refractivity contribution in [1.82, 2.24) is 0 Å². The highest BCUT2D eigenvalue weighted by atomic mass is 32.1. The molecule has 0 aromatic carbocycles. The van der Waals surface area contributed by atoms with Gasteiger partial charge >= 0.3 is 5.97 Å². The molecule has 2 aromatic heterocycles. The van der Waals surface area contributed by atoms with E-state index < -0.39 is 0 Å². The number of hydrogen-bond donors (Lipinski definition) is 1. The number of aromatic nitrogens is 1. The Hall–Kier alpha value is -2.21. The van der Waals surface area contributed by atoms with E-state index in [1.54, 1.807) is 0 Å². The van der Waals surface area contributed by atoms with Crippen LogP contribution in [0.4, 0.5) is 5.00 Å². The maximum absolute atomic E-state index is 12.5. The van der Waals surface area contributed by atoms with Crippen molar-refractivity contribution in [3.63, 3.8) is 0 Å². The van der Waals surface area contributed by atoms with E-state index in [0.29, 0.717) is 16.5 Å². The van der Waals surface area contributed by atoms with E-state index in [4.69, 9.17) is 4.74 Å². The van der Waals surface area contributed by atoms with Crippen molar-refractivity contribution < 1.29 is 18.9 Å². The zero-order valence-corrected chi connectivity index (χ0v) is 15.6. The molecule has 0 fully saturated rings. The summed E-state index contributed by atoms with van der Waals surface area (Å²) in [6.45, 7) is 4.39. The molecule has 0 aliphatic heterocycles. The van der Waals surface area contributed by atoms with Crippen LogP contribution in [0.1, 0.15) is 39.8 Å². The molecule has 0 saturated carbocycles. The van der Waals surface area contributed by atoms with E-state index in [1.807, 2.05) is 35.9 Å². The van der Waals surface area contributed by atoms with E-state index in [1.165, 1.54) is 23.3 Å². The minimum Gasteiger partial charge on any atom is -0.465 e. The molecular formula is C19H23N2O3S+. The molecule has 0 bridgehead atoms. The number of pyridine rings is 1. The molecule has 1 N–H and O–H groups in total. The molecule has 6 heteroatoms. The summed E-state index contributed by atoms with van der Waals surface area (Å²) in [5, 5.41) is 3.55. The van der Waals surface area contributed by atoms with E-state index >= 15 is 0 Å². The first kappa shape index (κ1) is 17.6. The van der Waals surface area contributed by atoms with Crippen LogP contribution in [0.3, 0.4) is 0 Å². The normalized spacial score (nSPS) is 16.2. The lowest BCUT2D eigenvalue weighted by Crippen LogP contribution is -2.42. The maximum atomic E-state index is 12.5. The van der Waals surface area contributed by atoms with Gasteiger partial charge in [-0.3, -0.25) is 4.79 Å². The Labute approximate surface area is 151 Å². The lowest BCUT2D eigenvalue weighted by Gasteiger charge is -2.18. The van der Waals surface area contributed by atoms with Crippen molar-refractivity contribution in [3.05, 3.63) is 46.1 Å². The number of esters is 1. The van der Waals surface area contributed by atoms with Crippen LogP contribution in [0.15, 0.2) is 24.4 Å². The number of ether oxygens (including phenoxy) is 1. The Morgan fingerprint density at radius 1 is 1.40 bits per heavy atom. The summed E-state index contributed by atoms with van der Waals surface area (Å²) < 4.78 is 6.84. The first-order chi connectivity index (χ1) is 12.0. The quantitative estimate of drug-likeness (QED) is 0.674. The van der Waals surface area contributed by atoms with Crippen molar-refractivity contribution in [2.75, 3.05) is 12.4 Å². The van der Waals surface area contributed by atoms with Crippen LogP contribution in [-0.4, -0.2) is 19.0 Å². The molecule has 1 amide bonds. The Morgan fingerprint density at radius 3 is 2.92 bits per heavy atom. The van der Waals surface area contributed by atoms with Gasteiger partial charge in [-0.25, -0.2) is 4.79 Å². The first-order valence-corrected chi connectivity index (χ1v) is 9.29. The molecular weight excluding hydrogens is 336 g/mol. The van der Waals surface area contributed by atoms with Crippen LogP contribution in [-0.2, 0) is 28.9 Å².